The summed E-state index contributed by atoms with van der Waals surface area (Å²) < 4.78 is 0. The lowest BCUT2D eigenvalue weighted by Crippen LogP contribution is -2.41. The molecule has 0 aromatic rings. The van der Waals surface area contributed by atoms with Gasteiger partial charge in [0, 0.05) is 12.6 Å². The Balaban J connectivity index is 2.07. The molecule has 1 amide bonds. The molecule has 3 heteroatoms. The SMILES string of the molecule is CCC(NCC(=O)NCC1CC1)C(C)C. The van der Waals surface area contributed by atoms with Crippen molar-refractivity contribution < 1.29 is 4.79 Å². The standard InChI is InChI=1S/C12H24N2O/c1-4-11(9(2)3)13-8-12(15)14-7-10-5-6-10/h9-11,13H,4-8H2,1-3H3,(H,14,15). The smallest absolute Gasteiger partial charge is 0.233 e. The number of carbonyl (C=O) groups is 1. The first kappa shape index (κ1) is 12.5. The maximum absolute atomic E-state index is 11.4. The highest BCUT2D eigenvalue weighted by molar-refractivity contribution is 5.78. The van der Waals surface area contributed by atoms with Crippen LogP contribution in [0.5, 0.6) is 0 Å². The first-order valence-electron chi connectivity index (χ1n) is 6.13. The Bertz CT molecular complexity index is 200. The van der Waals surface area contributed by atoms with Gasteiger partial charge in [0.1, 0.15) is 0 Å². The molecule has 0 saturated heterocycles. The van der Waals surface area contributed by atoms with Gasteiger partial charge in [0.25, 0.3) is 0 Å². The molecule has 0 aromatic carbocycles. The monoisotopic (exact) mass is 212 g/mol. The molecule has 2 N–H and O–H groups in total. The van der Waals surface area contributed by atoms with Crippen LogP contribution in [0, 0.1) is 11.8 Å². The fourth-order valence-electron chi connectivity index (χ4n) is 1.72. The van der Waals surface area contributed by atoms with Crippen LogP contribution in [-0.2, 0) is 4.79 Å². The van der Waals surface area contributed by atoms with Gasteiger partial charge in [-0.2, -0.15) is 0 Å². The van der Waals surface area contributed by atoms with E-state index >= 15 is 0 Å². The molecule has 0 spiro atoms. The average Bonchev–Trinajstić information content (AvgIpc) is 2.98. The quantitative estimate of drug-likeness (QED) is 0.672. The number of rotatable bonds is 7. The van der Waals surface area contributed by atoms with Crippen molar-refractivity contribution in [2.75, 3.05) is 13.1 Å². The van der Waals surface area contributed by atoms with Gasteiger partial charge < -0.3 is 10.6 Å². The molecule has 1 saturated carbocycles. The Morgan fingerprint density at radius 2 is 2.07 bits per heavy atom. The van der Waals surface area contributed by atoms with Crippen LogP contribution in [0.3, 0.4) is 0 Å². The summed E-state index contributed by atoms with van der Waals surface area (Å²) in [6.45, 7) is 7.86. The Morgan fingerprint density at radius 3 is 2.53 bits per heavy atom. The van der Waals surface area contributed by atoms with E-state index in [4.69, 9.17) is 0 Å². The molecule has 1 unspecified atom stereocenters. The summed E-state index contributed by atoms with van der Waals surface area (Å²) in [5, 5.41) is 6.26. The maximum atomic E-state index is 11.4. The number of amides is 1. The molecule has 1 atom stereocenters. The van der Waals surface area contributed by atoms with Gasteiger partial charge >= 0.3 is 0 Å². The summed E-state index contributed by atoms with van der Waals surface area (Å²) in [5.41, 5.74) is 0. The molecule has 0 radical (unpaired) electrons. The topological polar surface area (TPSA) is 41.1 Å². The first-order chi connectivity index (χ1) is 7.13. The molecule has 1 aliphatic rings. The van der Waals surface area contributed by atoms with Crippen molar-refractivity contribution in [2.24, 2.45) is 11.8 Å². The fraction of sp³-hybridized carbons (Fsp3) is 0.917. The van der Waals surface area contributed by atoms with Gasteiger partial charge in [0.2, 0.25) is 5.91 Å². The number of carbonyl (C=O) groups excluding carboxylic acids is 1. The van der Waals surface area contributed by atoms with E-state index in [-0.39, 0.29) is 5.91 Å². The lowest BCUT2D eigenvalue weighted by Gasteiger charge is -2.20. The first-order valence-corrected chi connectivity index (χ1v) is 6.13. The zero-order valence-electron chi connectivity index (χ0n) is 10.2. The van der Waals surface area contributed by atoms with Crippen LogP contribution < -0.4 is 10.6 Å². The number of hydrogen-bond acceptors (Lipinski definition) is 2. The minimum Gasteiger partial charge on any atom is -0.355 e. The van der Waals surface area contributed by atoms with Crippen LogP contribution in [0.1, 0.15) is 40.0 Å². The van der Waals surface area contributed by atoms with E-state index in [2.05, 4.69) is 31.4 Å². The number of nitrogens with one attached hydrogen (secondary N) is 2. The Kier molecular flexibility index (Phi) is 5.09. The third-order valence-electron chi connectivity index (χ3n) is 3.05. The van der Waals surface area contributed by atoms with Crippen LogP contribution in [0.15, 0.2) is 0 Å². The lowest BCUT2D eigenvalue weighted by atomic mass is 10.0. The zero-order valence-corrected chi connectivity index (χ0v) is 10.2. The molecule has 0 bridgehead atoms. The molecule has 15 heavy (non-hydrogen) atoms. The Labute approximate surface area is 93.0 Å². The average molecular weight is 212 g/mol. The maximum Gasteiger partial charge on any atom is 0.233 e. The van der Waals surface area contributed by atoms with Crippen LogP contribution in [0.25, 0.3) is 0 Å². The van der Waals surface area contributed by atoms with Gasteiger partial charge in [-0.15, -0.1) is 0 Å². The van der Waals surface area contributed by atoms with Gasteiger partial charge in [-0.05, 0) is 31.1 Å². The molecule has 88 valence electrons. The molecule has 0 aliphatic heterocycles. The van der Waals surface area contributed by atoms with Crippen LogP contribution >= 0.6 is 0 Å². The van der Waals surface area contributed by atoms with E-state index in [1.165, 1.54) is 12.8 Å². The molecule has 0 aromatic heterocycles. The zero-order chi connectivity index (χ0) is 11.3. The van der Waals surface area contributed by atoms with Crippen LogP contribution in [0.4, 0.5) is 0 Å². The van der Waals surface area contributed by atoms with E-state index in [0.29, 0.717) is 18.5 Å². The highest BCUT2D eigenvalue weighted by atomic mass is 16.1. The Hall–Kier alpha value is -0.570. The Morgan fingerprint density at radius 1 is 1.40 bits per heavy atom. The normalized spacial score (nSPS) is 17.9. The van der Waals surface area contributed by atoms with E-state index in [9.17, 15) is 4.79 Å². The molecule has 0 heterocycles. The third kappa shape index (κ3) is 5.17. The molecule has 3 nitrogen and oxygen atoms in total. The van der Waals surface area contributed by atoms with E-state index < -0.39 is 0 Å². The summed E-state index contributed by atoms with van der Waals surface area (Å²) in [7, 11) is 0. The van der Waals surface area contributed by atoms with Gasteiger partial charge in [0.15, 0.2) is 0 Å². The van der Waals surface area contributed by atoms with Crippen molar-refractivity contribution in [3.05, 3.63) is 0 Å². The summed E-state index contributed by atoms with van der Waals surface area (Å²) >= 11 is 0. The predicted molar refractivity (Wildman–Crippen MR) is 62.7 cm³/mol. The van der Waals surface area contributed by atoms with Crippen molar-refractivity contribution in [1.29, 1.82) is 0 Å². The van der Waals surface area contributed by atoms with Crippen molar-refractivity contribution in [1.82, 2.24) is 10.6 Å². The van der Waals surface area contributed by atoms with Crippen molar-refractivity contribution >= 4 is 5.91 Å². The van der Waals surface area contributed by atoms with Crippen molar-refractivity contribution in [3.63, 3.8) is 0 Å². The van der Waals surface area contributed by atoms with Gasteiger partial charge in [-0.1, -0.05) is 20.8 Å². The summed E-state index contributed by atoms with van der Waals surface area (Å²) in [6, 6.07) is 0.455. The van der Waals surface area contributed by atoms with E-state index in [1.807, 2.05) is 0 Å². The van der Waals surface area contributed by atoms with Gasteiger partial charge in [0.05, 0.1) is 6.54 Å². The molecule has 1 aliphatic carbocycles. The number of hydrogen-bond donors (Lipinski definition) is 2. The largest absolute Gasteiger partial charge is 0.355 e. The van der Waals surface area contributed by atoms with Crippen molar-refractivity contribution in [2.45, 2.75) is 46.1 Å². The molecular formula is C12H24N2O. The minimum absolute atomic E-state index is 0.140. The second kappa shape index (κ2) is 6.11. The van der Waals surface area contributed by atoms with E-state index in [0.717, 1.165) is 18.9 Å². The fourth-order valence-corrected chi connectivity index (χ4v) is 1.72. The van der Waals surface area contributed by atoms with Crippen LogP contribution in [-0.4, -0.2) is 25.0 Å². The predicted octanol–water partition coefficient (Wildman–Crippen LogP) is 1.54. The van der Waals surface area contributed by atoms with Crippen LogP contribution in [0.2, 0.25) is 0 Å². The highest BCUT2D eigenvalue weighted by Gasteiger charge is 2.21. The summed E-state index contributed by atoms with van der Waals surface area (Å²) in [4.78, 5) is 11.4. The summed E-state index contributed by atoms with van der Waals surface area (Å²) in [5.74, 6) is 1.49. The third-order valence-corrected chi connectivity index (χ3v) is 3.05. The summed E-state index contributed by atoms with van der Waals surface area (Å²) in [6.07, 6.45) is 3.65. The molecule has 1 rings (SSSR count). The molecule has 1 fully saturated rings. The second-order valence-electron chi connectivity index (χ2n) is 4.89. The minimum atomic E-state index is 0.140. The van der Waals surface area contributed by atoms with Gasteiger partial charge in [-0.25, -0.2) is 0 Å². The molecular weight excluding hydrogens is 188 g/mol. The second-order valence-corrected chi connectivity index (χ2v) is 4.89. The van der Waals surface area contributed by atoms with Crippen molar-refractivity contribution in [3.8, 4) is 0 Å². The van der Waals surface area contributed by atoms with Gasteiger partial charge in [-0.3, -0.25) is 4.79 Å². The highest BCUT2D eigenvalue weighted by Crippen LogP contribution is 2.27. The lowest BCUT2D eigenvalue weighted by molar-refractivity contribution is -0.120. The van der Waals surface area contributed by atoms with E-state index in [1.54, 1.807) is 0 Å².